The molecule has 16 heavy (non-hydrogen) atoms. The second kappa shape index (κ2) is 5.00. The summed E-state index contributed by atoms with van der Waals surface area (Å²) in [7, 11) is 2.00. The SMILES string of the molecule is Cc1c(CNC(C)CC2CCC2)cnn1C. The average molecular weight is 221 g/mol. The first-order valence-corrected chi connectivity index (χ1v) is 6.37. The lowest BCUT2D eigenvalue weighted by molar-refractivity contribution is 0.265. The lowest BCUT2D eigenvalue weighted by Crippen LogP contribution is -2.29. The molecule has 1 fully saturated rings. The van der Waals surface area contributed by atoms with Crippen LogP contribution in [0.25, 0.3) is 0 Å². The lowest BCUT2D eigenvalue weighted by Gasteiger charge is -2.28. The molecule has 2 rings (SSSR count). The van der Waals surface area contributed by atoms with Gasteiger partial charge in [-0.1, -0.05) is 19.3 Å². The number of hydrogen-bond donors (Lipinski definition) is 1. The number of aryl methyl sites for hydroxylation is 1. The molecule has 0 amide bonds. The van der Waals surface area contributed by atoms with Crippen molar-refractivity contribution < 1.29 is 0 Å². The van der Waals surface area contributed by atoms with Crippen LogP contribution in [-0.4, -0.2) is 15.8 Å². The fraction of sp³-hybridized carbons (Fsp3) is 0.769. The first kappa shape index (κ1) is 11.6. The van der Waals surface area contributed by atoms with E-state index in [1.165, 1.54) is 36.9 Å². The summed E-state index contributed by atoms with van der Waals surface area (Å²) in [5.74, 6) is 0.984. The first-order chi connectivity index (χ1) is 7.66. The Morgan fingerprint density at radius 1 is 1.56 bits per heavy atom. The van der Waals surface area contributed by atoms with Gasteiger partial charge in [-0.3, -0.25) is 4.68 Å². The van der Waals surface area contributed by atoms with E-state index in [9.17, 15) is 0 Å². The second-order valence-electron chi connectivity index (χ2n) is 5.19. The van der Waals surface area contributed by atoms with Crippen LogP contribution in [0.1, 0.15) is 43.9 Å². The van der Waals surface area contributed by atoms with Gasteiger partial charge in [-0.05, 0) is 26.2 Å². The third-order valence-corrected chi connectivity index (χ3v) is 3.89. The van der Waals surface area contributed by atoms with E-state index < -0.39 is 0 Å². The third-order valence-electron chi connectivity index (χ3n) is 3.89. The van der Waals surface area contributed by atoms with Crippen LogP contribution in [-0.2, 0) is 13.6 Å². The highest BCUT2D eigenvalue weighted by atomic mass is 15.3. The van der Waals surface area contributed by atoms with Crippen molar-refractivity contribution in [1.82, 2.24) is 15.1 Å². The maximum atomic E-state index is 4.26. The second-order valence-corrected chi connectivity index (χ2v) is 5.19. The Kier molecular flexibility index (Phi) is 3.64. The van der Waals surface area contributed by atoms with Gasteiger partial charge in [-0.25, -0.2) is 0 Å². The summed E-state index contributed by atoms with van der Waals surface area (Å²) in [6.07, 6.45) is 7.63. The van der Waals surface area contributed by atoms with Crippen molar-refractivity contribution in [3.8, 4) is 0 Å². The van der Waals surface area contributed by atoms with Crippen LogP contribution in [0.15, 0.2) is 6.20 Å². The molecule has 1 aliphatic carbocycles. The number of hydrogen-bond acceptors (Lipinski definition) is 2. The summed E-state index contributed by atoms with van der Waals surface area (Å²) in [5, 5.41) is 7.86. The average Bonchev–Trinajstić information content (AvgIpc) is 2.51. The molecular weight excluding hydrogens is 198 g/mol. The van der Waals surface area contributed by atoms with E-state index in [1.54, 1.807) is 0 Å². The highest BCUT2D eigenvalue weighted by Crippen LogP contribution is 2.30. The molecule has 1 aromatic heterocycles. The predicted molar refractivity (Wildman–Crippen MR) is 66.2 cm³/mol. The van der Waals surface area contributed by atoms with Gasteiger partial charge in [0.1, 0.15) is 0 Å². The number of rotatable bonds is 5. The minimum absolute atomic E-state index is 0.630. The topological polar surface area (TPSA) is 29.9 Å². The van der Waals surface area contributed by atoms with Crippen LogP contribution in [0.2, 0.25) is 0 Å². The van der Waals surface area contributed by atoms with Crippen molar-refractivity contribution in [1.29, 1.82) is 0 Å². The summed E-state index contributed by atoms with van der Waals surface area (Å²) in [6, 6.07) is 0.630. The van der Waals surface area contributed by atoms with Crippen molar-refractivity contribution in [2.24, 2.45) is 13.0 Å². The molecule has 1 aliphatic rings. The number of nitrogens with one attached hydrogen (secondary N) is 1. The van der Waals surface area contributed by atoms with E-state index in [0.29, 0.717) is 6.04 Å². The highest BCUT2D eigenvalue weighted by molar-refractivity contribution is 5.15. The van der Waals surface area contributed by atoms with Gasteiger partial charge in [0.25, 0.3) is 0 Å². The van der Waals surface area contributed by atoms with E-state index in [1.807, 2.05) is 17.9 Å². The smallest absolute Gasteiger partial charge is 0.0537 e. The van der Waals surface area contributed by atoms with E-state index in [0.717, 1.165) is 12.5 Å². The van der Waals surface area contributed by atoms with Gasteiger partial charge >= 0.3 is 0 Å². The number of aromatic nitrogens is 2. The fourth-order valence-corrected chi connectivity index (χ4v) is 2.31. The Balaban J connectivity index is 1.75. The Bertz CT molecular complexity index is 339. The fourth-order valence-electron chi connectivity index (χ4n) is 2.31. The van der Waals surface area contributed by atoms with E-state index in [4.69, 9.17) is 0 Å². The zero-order valence-corrected chi connectivity index (χ0v) is 10.7. The summed E-state index contributed by atoms with van der Waals surface area (Å²) < 4.78 is 1.94. The molecular formula is C13H23N3. The molecule has 0 saturated heterocycles. The highest BCUT2D eigenvalue weighted by Gasteiger charge is 2.19. The van der Waals surface area contributed by atoms with Gasteiger partial charge < -0.3 is 5.32 Å². The Morgan fingerprint density at radius 3 is 2.81 bits per heavy atom. The Labute approximate surface area is 98.2 Å². The Hall–Kier alpha value is -0.830. The maximum absolute atomic E-state index is 4.26. The molecule has 1 saturated carbocycles. The van der Waals surface area contributed by atoms with Crippen LogP contribution in [0.3, 0.4) is 0 Å². The van der Waals surface area contributed by atoms with Crippen LogP contribution < -0.4 is 5.32 Å². The number of nitrogens with zero attached hydrogens (tertiary/aromatic N) is 2. The lowest BCUT2D eigenvalue weighted by atomic mass is 9.81. The van der Waals surface area contributed by atoms with E-state index >= 15 is 0 Å². The van der Waals surface area contributed by atoms with Crippen molar-refractivity contribution in [2.45, 2.75) is 52.1 Å². The molecule has 0 radical (unpaired) electrons. The van der Waals surface area contributed by atoms with Gasteiger partial charge in [-0.2, -0.15) is 5.10 Å². The molecule has 1 atom stereocenters. The summed E-state index contributed by atoms with van der Waals surface area (Å²) in [4.78, 5) is 0. The molecule has 1 aromatic rings. The molecule has 1 unspecified atom stereocenters. The molecule has 0 aliphatic heterocycles. The molecule has 3 nitrogen and oxygen atoms in total. The molecule has 0 aromatic carbocycles. The molecule has 3 heteroatoms. The zero-order valence-electron chi connectivity index (χ0n) is 10.7. The summed E-state index contributed by atoms with van der Waals surface area (Å²) >= 11 is 0. The van der Waals surface area contributed by atoms with Gasteiger partial charge in [0.05, 0.1) is 6.20 Å². The molecule has 1 heterocycles. The zero-order chi connectivity index (χ0) is 11.5. The van der Waals surface area contributed by atoms with Gasteiger partial charge in [0.15, 0.2) is 0 Å². The minimum atomic E-state index is 0.630. The van der Waals surface area contributed by atoms with Crippen molar-refractivity contribution >= 4 is 0 Å². The molecule has 0 bridgehead atoms. The first-order valence-electron chi connectivity index (χ1n) is 6.37. The summed E-state index contributed by atoms with van der Waals surface area (Å²) in [6.45, 7) is 5.37. The monoisotopic (exact) mass is 221 g/mol. The van der Waals surface area contributed by atoms with Crippen LogP contribution in [0.4, 0.5) is 0 Å². The Morgan fingerprint density at radius 2 is 2.31 bits per heavy atom. The van der Waals surface area contributed by atoms with Crippen molar-refractivity contribution in [3.05, 3.63) is 17.5 Å². The standard InChI is InChI=1S/C13H23N3/c1-10(7-12-5-4-6-12)14-8-13-9-15-16(3)11(13)2/h9-10,12,14H,4-8H2,1-3H3. The van der Waals surface area contributed by atoms with Gasteiger partial charge in [0, 0.05) is 30.9 Å². The van der Waals surface area contributed by atoms with E-state index in [-0.39, 0.29) is 0 Å². The maximum Gasteiger partial charge on any atom is 0.0537 e. The minimum Gasteiger partial charge on any atom is -0.310 e. The third kappa shape index (κ3) is 2.64. The van der Waals surface area contributed by atoms with Gasteiger partial charge in [0.2, 0.25) is 0 Å². The molecule has 0 spiro atoms. The molecule has 1 N–H and O–H groups in total. The van der Waals surface area contributed by atoms with Crippen LogP contribution in [0.5, 0.6) is 0 Å². The predicted octanol–water partition coefficient (Wildman–Crippen LogP) is 2.40. The quantitative estimate of drug-likeness (QED) is 0.827. The summed E-state index contributed by atoms with van der Waals surface area (Å²) in [5.41, 5.74) is 2.59. The van der Waals surface area contributed by atoms with Crippen LogP contribution >= 0.6 is 0 Å². The van der Waals surface area contributed by atoms with Gasteiger partial charge in [-0.15, -0.1) is 0 Å². The largest absolute Gasteiger partial charge is 0.310 e. The van der Waals surface area contributed by atoms with E-state index in [2.05, 4.69) is 24.3 Å². The molecule has 90 valence electrons. The van der Waals surface area contributed by atoms with Crippen molar-refractivity contribution in [3.63, 3.8) is 0 Å². The normalized spacial score (nSPS) is 18.4. The van der Waals surface area contributed by atoms with Crippen LogP contribution in [0, 0.1) is 12.8 Å². The van der Waals surface area contributed by atoms with Crippen molar-refractivity contribution in [2.75, 3.05) is 0 Å².